The molecule has 0 amide bonds. The van der Waals surface area contributed by atoms with Crippen LogP contribution in [-0.2, 0) is 6.54 Å². The van der Waals surface area contributed by atoms with Gasteiger partial charge in [0.1, 0.15) is 6.54 Å². The van der Waals surface area contributed by atoms with Crippen molar-refractivity contribution in [2.45, 2.75) is 13.5 Å². The molecule has 4 aromatic rings. The molecule has 0 aliphatic carbocycles. The van der Waals surface area contributed by atoms with Crippen LogP contribution in [0.1, 0.15) is 11.5 Å². The Bertz CT molecular complexity index is 1050. The molecule has 2 aromatic heterocycles. The molecule has 2 aromatic carbocycles. The average molecular weight is 334 g/mol. The molecule has 0 saturated carbocycles. The molecule has 0 atom stereocenters. The third-order valence-electron chi connectivity index (χ3n) is 3.79. The maximum Gasteiger partial charge on any atom is 0.442 e. The summed E-state index contributed by atoms with van der Waals surface area (Å²) in [7, 11) is 0. The molecule has 0 radical (unpaired) electrons. The second kappa shape index (κ2) is 6.20. The minimum atomic E-state index is -0.574. The normalized spacial score (nSPS) is 10.9. The molecule has 124 valence electrons. The average Bonchev–Trinajstić information content (AvgIpc) is 3.25. The van der Waals surface area contributed by atoms with Gasteiger partial charge in [0.05, 0.1) is 0 Å². The largest absolute Gasteiger partial charge is 0.442 e. The molecule has 0 aliphatic heterocycles. The van der Waals surface area contributed by atoms with E-state index in [4.69, 9.17) is 9.05 Å². The van der Waals surface area contributed by atoms with E-state index in [2.05, 4.69) is 15.3 Å². The van der Waals surface area contributed by atoms with Gasteiger partial charge in [-0.05, 0) is 6.92 Å². The standard InChI is InChI=1S/C18H14N4O3/c1-12-7-9-14(10-8-12)17-21-25-18(23)22(17)11-15-19-16(20-24-15)13-5-3-2-4-6-13/h2-10H,11H2,1H3. The topological polar surface area (TPSA) is 87.0 Å². The molecule has 0 fully saturated rings. The number of rotatable bonds is 4. The molecule has 25 heavy (non-hydrogen) atoms. The van der Waals surface area contributed by atoms with Crippen molar-refractivity contribution in [3.63, 3.8) is 0 Å². The van der Waals surface area contributed by atoms with E-state index in [1.165, 1.54) is 4.57 Å². The van der Waals surface area contributed by atoms with Crippen molar-refractivity contribution in [1.82, 2.24) is 19.9 Å². The Morgan fingerprint density at radius 1 is 0.920 bits per heavy atom. The highest BCUT2D eigenvalue weighted by Gasteiger charge is 2.16. The first kappa shape index (κ1) is 15.1. The second-order valence-electron chi connectivity index (χ2n) is 5.60. The van der Waals surface area contributed by atoms with Gasteiger partial charge in [-0.3, -0.25) is 4.52 Å². The van der Waals surface area contributed by atoms with Crippen molar-refractivity contribution in [3.05, 3.63) is 76.6 Å². The molecule has 0 spiro atoms. The van der Waals surface area contributed by atoms with Gasteiger partial charge in [0.25, 0.3) is 0 Å². The number of aryl methyl sites for hydroxylation is 1. The zero-order chi connectivity index (χ0) is 17.2. The van der Waals surface area contributed by atoms with Crippen molar-refractivity contribution >= 4 is 0 Å². The molecule has 7 heteroatoms. The third kappa shape index (κ3) is 2.99. The summed E-state index contributed by atoms with van der Waals surface area (Å²) in [6.07, 6.45) is 0. The van der Waals surface area contributed by atoms with Crippen molar-refractivity contribution in [3.8, 4) is 22.8 Å². The number of benzene rings is 2. The lowest BCUT2D eigenvalue weighted by Crippen LogP contribution is -2.16. The van der Waals surface area contributed by atoms with Gasteiger partial charge in [-0.1, -0.05) is 70.5 Å². The molecule has 0 bridgehead atoms. The van der Waals surface area contributed by atoms with Crippen LogP contribution in [0.15, 0.2) is 68.4 Å². The highest BCUT2D eigenvalue weighted by Crippen LogP contribution is 2.19. The summed E-state index contributed by atoms with van der Waals surface area (Å²) in [4.78, 5) is 16.3. The summed E-state index contributed by atoms with van der Waals surface area (Å²) in [6.45, 7) is 2.08. The first-order valence-corrected chi connectivity index (χ1v) is 7.72. The van der Waals surface area contributed by atoms with E-state index in [1.807, 2.05) is 61.5 Å². The minimum Gasteiger partial charge on any atom is -0.337 e. The fraction of sp³-hybridized carbons (Fsp3) is 0.111. The van der Waals surface area contributed by atoms with Gasteiger partial charge in [-0.15, -0.1) is 0 Å². The monoisotopic (exact) mass is 334 g/mol. The van der Waals surface area contributed by atoms with Crippen LogP contribution < -0.4 is 5.76 Å². The Morgan fingerprint density at radius 3 is 2.44 bits per heavy atom. The van der Waals surface area contributed by atoms with E-state index < -0.39 is 5.76 Å². The number of aromatic nitrogens is 4. The molecular formula is C18H14N4O3. The molecule has 0 saturated heterocycles. The van der Waals surface area contributed by atoms with E-state index in [9.17, 15) is 4.79 Å². The summed E-state index contributed by atoms with van der Waals surface area (Å²) in [6, 6.07) is 17.1. The highest BCUT2D eigenvalue weighted by molar-refractivity contribution is 5.55. The van der Waals surface area contributed by atoms with E-state index in [0.717, 1.165) is 16.7 Å². The summed E-state index contributed by atoms with van der Waals surface area (Å²) in [5.74, 6) is 0.619. The van der Waals surface area contributed by atoms with Crippen LogP contribution in [0.2, 0.25) is 0 Å². The Balaban J connectivity index is 1.66. The smallest absolute Gasteiger partial charge is 0.337 e. The molecule has 4 rings (SSSR count). The maximum atomic E-state index is 12.0. The zero-order valence-corrected chi connectivity index (χ0v) is 13.4. The Morgan fingerprint density at radius 2 is 1.68 bits per heavy atom. The second-order valence-corrected chi connectivity index (χ2v) is 5.60. The fourth-order valence-corrected chi connectivity index (χ4v) is 2.48. The maximum absolute atomic E-state index is 12.0. The van der Waals surface area contributed by atoms with Gasteiger partial charge < -0.3 is 4.52 Å². The Hall–Kier alpha value is -3.48. The molecular weight excluding hydrogens is 320 g/mol. The van der Waals surface area contributed by atoms with Gasteiger partial charge >= 0.3 is 5.76 Å². The lowest BCUT2D eigenvalue weighted by Gasteiger charge is -2.02. The third-order valence-corrected chi connectivity index (χ3v) is 3.79. The highest BCUT2D eigenvalue weighted by atomic mass is 16.5. The van der Waals surface area contributed by atoms with Gasteiger partial charge in [0.2, 0.25) is 11.7 Å². The van der Waals surface area contributed by atoms with E-state index in [1.54, 1.807) is 0 Å². The predicted octanol–water partition coefficient (Wildman–Crippen LogP) is 2.91. The van der Waals surface area contributed by atoms with Crippen LogP contribution in [0.5, 0.6) is 0 Å². The minimum absolute atomic E-state index is 0.0887. The molecule has 0 unspecified atom stereocenters. The Labute approximate surface area is 142 Å². The van der Waals surface area contributed by atoms with Crippen molar-refractivity contribution in [2.24, 2.45) is 0 Å². The number of nitrogens with zero attached hydrogens (tertiary/aromatic N) is 4. The lowest BCUT2D eigenvalue weighted by atomic mass is 10.1. The summed E-state index contributed by atoms with van der Waals surface area (Å²) in [5.41, 5.74) is 2.73. The van der Waals surface area contributed by atoms with Crippen molar-refractivity contribution < 1.29 is 9.05 Å². The van der Waals surface area contributed by atoms with Gasteiger partial charge in [0.15, 0.2) is 5.82 Å². The summed E-state index contributed by atoms with van der Waals surface area (Å²) in [5, 5.41) is 7.82. The fourth-order valence-electron chi connectivity index (χ4n) is 2.48. The van der Waals surface area contributed by atoms with Gasteiger partial charge in [-0.25, -0.2) is 9.36 Å². The number of hydrogen-bond acceptors (Lipinski definition) is 6. The quantitative estimate of drug-likeness (QED) is 0.570. The van der Waals surface area contributed by atoms with Crippen LogP contribution in [0.25, 0.3) is 22.8 Å². The van der Waals surface area contributed by atoms with E-state index in [-0.39, 0.29) is 6.54 Å². The first-order chi connectivity index (χ1) is 12.2. The predicted molar refractivity (Wildman–Crippen MR) is 89.8 cm³/mol. The van der Waals surface area contributed by atoms with Crippen molar-refractivity contribution in [2.75, 3.05) is 0 Å². The van der Waals surface area contributed by atoms with Crippen LogP contribution >= 0.6 is 0 Å². The summed E-state index contributed by atoms with van der Waals surface area (Å²) >= 11 is 0. The van der Waals surface area contributed by atoms with E-state index in [0.29, 0.717) is 17.5 Å². The van der Waals surface area contributed by atoms with Gasteiger partial charge in [0, 0.05) is 11.1 Å². The zero-order valence-electron chi connectivity index (χ0n) is 13.4. The van der Waals surface area contributed by atoms with Crippen LogP contribution in [0, 0.1) is 6.92 Å². The van der Waals surface area contributed by atoms with Crippen molar-refractivity contribution in [1.29, 1.82) is 0 Å². The Kier molecular flexibility index (Phi) is 3.74. The van der Waals surface area contributed by atoms with E-state index >= 15 is 0 Å². The molecule has 2 heterocycles. The molecule has 0 N–H and O–H groups in total. The summed E-state index contributed by atoms with van der Waals surface area (Å²) < 4.78 is 11.4. The van der Waals surface area contributed by atoms with Crippen LogP contribution in [0.4, 0.5) is 0 Å². The molecule has 7 nitrogen and oxygen atoms in total. The van der Waals surface area contributed by atoms with Crippen LogP contribution in [0.3, 0.4) is 0 Å². The van der Waals surface area contributed by atoms with Crippen LogP contribution in [-0.4, -0.2) is 19.9 Å². The van der Waals surface area contributed by atoms with Gasteiger partial charge in [-0.2, -0.15) is 4.98 Å². The lowest BCUT2D eigenvalue weighted by molar-refractivity contribution is 0.354. The SMILES string of the molecule is Cc1ccc(-c2noc(=O)n2Cc2nc(-c3ccccc3)no2)cc1. The molecule has 0 aliphatic rings. The number of hydrogen-bond donors (Lipinski definition) is 0. The first-order valence-electron chi connectivity index (χ1n) is 7.72.